The van der Waals surface area contributed by atoms with Gasteiger partial charge >= 0.3 is 6.18 Å². The minimum absolute atomic E-state index is 0.0675. The van der Waals surface area contributed by atoms with Crippen LogP contribution in [-0.2, 0) is 12.7 Å². The Hall–Kier alpha value is -3.43. The van der Waals surface area contributed by atoms with Gasteiger partial charge in [0, 0.05) is 48.7 Å². The number of rotatable bonds is 5. The summed E-state index contributed by atoms with van der Waals surface area (Å²) in [6.45, 7) is 0.382. The molecular formula is C16H11F3N6O. The number of hydrogen-bond acceptors (Lipinski definition) is 7. The predicted octanol–water partition coefficient (Wildman–Crippen LogP) is 2.52. The third-order valence-corrected chi connectivity index (χ3v) is 3.29. The molecule has 0 aromatic carbocycles. The molecule has 7 nitrogen and oxygen atoms in total. The van der Waals surface area contributed by atoms with Crippen LogP contribution in [0.25, 0.3) is 0 Å². The van der Waals surface area contributed by atoms with Crippen LogP contribution in [0.5, 0.6) is 0 Å². The van der Waals surface area contributed by atoms with Crippen LogP contribution in [0.3, 0.4) is 0 Å². The Labute approximate surface area is 145 Å². The highest BCUT2D eigenvalue weighted by Gasteiger charge is 2.33. The zero-order valence-electron chi connectivity index (χ0n) is 13.1. The Morgan fingerprint density at radius 2 is 1.69 bits per heavy atom. The number of anilines is 1. The summed E-state index contributed by atoms with van der Waals surface area (Å²) in [5.74, 6) is -0.364. The average molecular weight is 360 g/mol. The molecule has 0 aliphatic heterocycles. The largest absolute Gasteiger partial charge is 0.433 e. The van der Waals surface area contributed by atoms with E-state index < -0.39 is 17.7 Å². The van der Waals surface area contributed by atoms with Crippen LogP contribution in [0.4, 0.5) is 19.1 Å². The van der Waals surface area contributed by atoms with Gasteiger partial charge in [-0.05, 0) is 12.1 Å². The van der Waals surface area contributed by atoms with Crippen LogP contribution < -0.4 is 5.32 Å². The summed E-state index contributed by atoms with van der Waals surface area (Å²) in [4.78, 5) is 31.2. The fourth-order valence-electron chi connectivity index (χ4n) is 2.03. The molecule has 0 fully saturated rings. The SMILES string of the molecule is O=C(c1cnc(NCc2cncnc2)nc1)c1ccnc(C(F)(F)F)c1. The number of aromatic nitrogens is 5. The quantitative estimate of drug-likeness (QED) is 0.699. The molecule has 0 aliphatic carbocycles. The molecule has 0 amide bonds. The van der Waals surface area contributed by atoms with E-state index in [1.165, 1.54) is 24.8 Å². The van der Waals surface area contributed by atoms with E-state index in [-0.39, 0.29) is 17.1 Å². The first-order valence-electron chi connectivity index (χ1n) is 7.31. The lowest BCUT2D eigenvalue weighted by Gasteiger charge is -2.07. The lowest BCUT2D eigenvalue weighted by molar-refractivity contribution is -0.141. The van der Waals surface area contributed by atoms with Crippen molar-refractivity contribution in [3.8, 4) is 0 Å². The van der Waals surface area contributed by atoms with Crippen molar-refractivity contribution >= 4 is 11.7 Å². The monoisotopic (exact) mass is 360 g/mol. The summed E-state index contributed by atoms with van der Waals surface area (Å²) in [6, 6.07) is 1.91. The molecule has 0 bridgehead atoms. The fraction of sp³-hybridized carbons (Fsp3) is 0.125. The van der Waals surface area contributed by atoms with Gasteiger partial charge in [-0.2, -0.15) is 13.2 Å². The van der Waals surface area contributed by atoms with E-state index in [1.54, 1.807) is 12.4 Å². The zero-order valence-corrected chi connectivity index (χ0v) is 13.1. The van der Waals surface area contributed by atoms with Crippen LogP contribution in [0.2, 0.25) is 0 Å². The van der Waals surface area contributed by atoms with E-state index in [0.29, 0.717) is 12.6 Å². The second-order valence-electron chi connectivity index (χ2n) is 5.15. The van der Waals surface area contributed by atoms with Gasteiger partial charge in [0.15, 0.2) is 5.78 Å². The summed E-state index contributed by atoms with van der Waals surface area (Å²) in [6.07, 6.45) is 3.46. The number of nitrogens with zero attached hydrogens (tertiary/aromatic N) is 5. The van der Waals surface area contributed by atoms with Gasteiger partial charge in [0.25, 0.3) is 0 Å². The Kier molecular flexibility index (Phi) is 4.83. The number of ketones is 1. The topological polar surface area (TPSA) is 93.6 Å². The van der Waals surface area contributed by atoms with E-state index in [9.17, 15) is 18.0 Å². The van der Waals surface area contributed by atoms with Gasteiger partial charge in [0.05, 0.1) is 5.56 Å². The summed E-state index contributed by atoms with van der Waals surface area (Å²) in [7, 11) is 0. The molecular weight excluding hydrogens is 349 g/mol. The molecule has 0 saturated heterocycles. The zero-order chi connectivity index (χ0) is 18.6. The van der Waals surface area contributed by atoms with Gasteiger partial charge in [-0.25, -0.2) is 19.9 Å². The molecule has 0 aliphatic rings. The number of carbonyl (C=O) groups is 1. The van der Waals surface area contributed by atoms with E-state index >= 15 is 0 Å². The van der Waals surface area contributed by atoms with Crippen LogP contribution in [-0.4, -0.2) is 30.7 Å². The average Bonchev–Trinajstić information content (AvgIpc) is 2.66. The van der Waals surface area contributed by atoms with Crippen molar-refractivity contribution < 1.29 is 18.0 Å². The molecule has 3 aromatic heterocycles. The van der Waals surface area contributed by atoms with Crippen LogP contribution >= 0.6 is 0 Å². The summed E-state index contributed by atoms with van der Waals surface area (Å²) >= 11 is 0. The molecule has 26 heavy (non-hydrogen) atoms. The van der Waals surface area contributed by atoms with Crippen molar-refractivity contribution in [1.82, 2.24) is 24.9 Å². The second kappa shape index (κ2) is 7.21. The van der Waals surface area contributed by atoms with Gasteiger partial charge < -0.3 is 5.32 Å². The maximum Gasteiger partial charge on any atom is 0.433 e. The van der Waals surface area contributed by atoms with Gasteiger partial charge in [0.1, 0.15) is 12.0 Å². The predicted molar refractivity (Wildman–Crippen MR) is 84.1 cm³/mol. The maximum absolute atomic E-state index is 12.7. The molecule has 3 aromatic rings. The lowest BCUT2D eigenvalue weighted by Crippen LogP contribution is -2.11. The fourth-order valence-corrected chi connectivity index (χ4v) is 2.03. The first-order valence-corrected chi connectivity index (χ1v) is 7.31. The van der Waals surface area contributed by atoms with Crippen molar-refractivity contribution in [3.05, 3.63) is 71.8 Å². The highest BCUT2D eigenvalue weighted by Crippen LogP contribution is 2.28. The van der Waals surface area contributed by atoms with Crippen LogP contribution in [0, 0.1) is 0 Å². The highest BCUT2D eigenvalue weighted by atomic mass is 19.4. The Balaban J connectivity index is 1.71. The molecule has 0 atom stereocenters. The Morgan fingerprint density at radius 1 is 1.00 bits per heavy atom. The van der Waals surface area contributed by atoms with Gasteiger partial charge in [-0.1, -0.05) is 0 Å². The first-order chi connectivity index (χ1) is 12.4. The van der Waals surface area contributed by atoms with Gasteiger partial charge in [-0.15, -0.1) is 0 Å². The Bertz CT molecular complexity index is 900. The lowest BCUT2D eigenvalue weighted by atomic mass is 10.1. The molecule has 132 valence electrons. The Morgan fingerprint density at radius 3 is 2.35 bits per heavy atom. The van der Waals surface area contributed by atoms with E-state index in [0.717, 1.165) is 11.8 Å². The van der Waals surface area contributed by atoms with Gasteiger partial charge in [-0.3, -0.25) is 9.78 Å². The third kappa shape index (κ3) is 4.15. The minimum atomic E-state index is -4.62. The van der Waals surface area contributed by atoms with E-state index in [2.05, 4.69) is 30.2 Å². The summed E-state index contributed by atoms with van der Waals surface area (Å²) in [5, 5.41) is 2.92. The molecule has 0 unspecified atom stereocenters. The molecule has 10 heteroatoms. The number of pyridine rings is 1. The molecule has 3 rings (SSSR count). The van der Waals surface area contributed by atoms with Crippen LogP contribution in [0.1, 0.15) is 27.2 Å². The second-order valence-corrected chi connectivity index (χ2v) is 5.15. The van der Waals surface area contributed by atoms with Crippen molar-refractivity contribution in [2.45, 2.75) is 12.7 Å². The normalized spacial score (nSPS) is 11.2. The number of hydrogen-bond donors (Lipinski definition) is 1. The summed E-state index contributed by atoms with van der Waals surface area (Å²) < 4.78 is 38.1. The van der Waals surface area contributed by atoms with Crippen molar-refractivity contribution in [2.24, 2.45) is 0 Å². The third-order valence-electron chi connectivity index (χ3n) is 3.29. The smallest absolute Gasteiger partial charge is 0.350 e. The first kappa shape index (κ1) is 17.4. The molecule has 0 radical (unpaired) electrons. The molecule has 3 heterocycles. The number of halogens is 3. The highest BCUT2D eigenvalue weighted by molar-refractivity contribution is 6.08. The number of nitrogens with one attached hydrogen (secondary N) is 1. The summed E-state index contributed by atoms with van der Waals surface area (Å²) in [5.41, 5.74) is -0.392. The number of alkyl halides is 3. The van der Waals surface area contributed by atoms with Crippen molar-refractivity contribution in [1.29, 1.82) is 0 Å². The standard InChI is InChI=1S/C16H11F3N6O/c17-16(18,19)13-3-11(1-2-22-13)14(26)12-7-24-15(25-8-12)23-6-10-4-20-9-21-5-10/h1-5,7-9H,6H2,(H,23,24,25). The molecule has 0 saturated carbocycles. The van der Waals surface area contributed by atoms with E-state index in [4.69, 9.17) is 0 Å². The van der Waals surface area contributed by atoms with E-state index in [1.807, 2.05) is 0 Å². The molecule has 0 spiro atoms. The number of carbonyl (C=O) groups excluding carboxylic acids is 1. The minimum Gasteiger partial charge on any atom is -0.350 e. The van der Waals surface area contributed by atoms with Gasteiger partial charge in [0.2, 0.25) is 5.95 Å². The molecule has 1 N–H and O–H groups in total. The van der Waals surface area contributed by atoms with Crippen molar-refractivity contribution in [3.63, 3.8) is 0 Å². The van der Waals surface area contributed by atoms with Crippen molar-refractivity contribution in [2.75, 3.05) is 5.32 Å². The maximum atomic E-state index is 12.7. The van der Waals surface area contributed by atoms with Crippen LogP contribution in [0.15, 0.2) is 49.4 Å².